The summed E-state index contributed by atoms with van der Waals surface area (Å²) in [6.45, 7) is 3.22. The number of rotatable bonds is 3. The number of phenolic OH excluding ortho intramolecular Hbond substituents is 1. The third kappa shape index (κ3) is 3.46. The lowest BCUT2D eigenvalue weighted by Gasteiger charge is -2.12. The van der Waals surface area contributed by atoms with E-state index >= 15 is 0 Å². The molecule has 0 bridgehead atoms. The Hall–Kier alpha value is -2.05. The van der Waals surface area contributed by atoms with Crippen LogP contribution in [0.4, 0.5) is 13.2 Å². The number of benzene rings is 1. The van der Waals surface area contributed by atoms with Gasteiger partial charge in [0.25, 0.3) is 0 Å². The van der Waals surface area contributed by atoms with Gasteiger partial charge in [0.05, 0.1) is 12.1 Å². The Bertz CT molecular complexity index is 513. The summed E-state index contributed by atoms with van der Waals surface area (Å²) < 4.78 is 36.5. The van der Waals surface area contributed by atoms with E-state index in [4.69, 9.17) is 5.21 Å². The molecular weight excluding hydrogens is 263 g/mol. The second kappa shape index (κ2) is 5.29. The predicted molar refractivity (Wildman–Crippen MR) is 61.6 cm³/mol. The summed E-state index contributed by atoms with van der Waals surface area (Å²) >= 11 is 0. The molecule has 0 spiro atoms. The van der Waals surface area contributed by atoms with Crippen molar-refractivity contribution in [1.82, 2.24) is 0 Å². The zero-order valence-corrected chi connectivity index (χ0v) is 10.2. The van der Waals surface area contributed by atoms with Gasteiger partial charge < -0.3 is 10.3 Å². The SMILES string of the molecule is Cc1cc(C)c(C(CC(=O)C(F)(F)F)=NO)c(O)c1. The van der Waals surface area contributed by atoms with Gasteiger partial charge in [0, 0.05) is 5.56 Å². The fraction of sp³-hybridized carbons (Fsp3) is 0.333. The van der Waals surface area contributed by atoms with Gasteiger partial charge in [-0.15, -0.1) is 0 Å². The number of halogens is 3. The van der Waals surface area contributed by atoms with Gasteiger partial charge in [-0.2, -0.15) is 13.2 Å². The van der Waals surface area contributed by atoms with E-state index in [1.54, 1.807) is 13.0 Å². The molecule has 0 saturated carbocycles. The van der Waals surface area contributed by atoms with Gasteiger partial charge in [0.15, 0.2) is 0 Å². The molecular formula is C12H12F3NO3. The van der Waals surface area contributed by atoms with E-state index in [9.17, 15) is 23.1 Å². The lowest BCUT2D eigenvalue weighted by Crippen LogP contribution is -2.26. The Balaban J connectivity index is 3.17. The van der Waals surface area contributed by atoms with Gasteiger partial charge in [-0.25, -0.2) is 0 Å². The summed E-state index contributed by atoms with van der Waals surface area (Å²) in [5, 5.41) is 21.2. The van der Waals surface area contributed by atoms with Crippen molar-refractivity contribution in [2.45, 2.75) is 26.4 Å². The number of hydrogen-bond acceptors (Lipinski definition) is 4. The Morgan fingerprint density at radius 2 is 1.89 bits per heavy atom. The van der Waals surface area contributed by atoms with Crippen LogP contribution in [0, 0.1) is 13.8 Å². The third-order valence-electron chi connectivity index (χ3n) is 2.51. The zero-order valence-electron chi connectivity index (χ0n) is 10.2. The molecule has 1 aromatic carbocycles. The first-order valence-electron chi connectivity index (χ1n) is 5.28. The molecule has 19 heavy (non-hydrogen) atoms. The minimum Gasteiger partial charge on any atom is -0.507 e. The maximum Gasteiger partial charge on any atom is 0.450 e. The lowest BCUT2D eigenvalue weighted by atomic mass is 9.97. The standard InChI is InChI=1S/C12H12F3NO3/c1-6-3-7(2)11(9(17)4-6)8(16-19)5-10(18)12(13,14)15/h3-4,17,19H,5H2,1-2H3. The number of aryl methyl sites for hydroxylation is 2. The number of Topliss-reactive ketones (excluding diaryl/α,β-unsaturated/α-hetero) is 1. The van der Waals surface area contributed by atoms with Crippen LogP contribution in [-0.2, 0) is 4.79 Å². The first kappa shape index (κ1) is 15.0. The van der Waals surface area contributed by atoms with Crippen molar-refractivity contribution < 1.29 is 28.3 Å². The normalized spacial score (nSPS) is 12.6. The number of nitrogens with zero attached hydrogens (tertiary/aromatic N) is 1. The van der Waals surface area contributed by atoms with Crippen LogP contribution >= 0.6 is 0 Å². The van der Waals surface area contributed by atoms with Crippen molar-refractivity contribution >= 4 is 11.5 Å². The van der Waals surface area contributed by atoms with Gasteiger partial charge in [0.2, 0.25) is 5.78 Å². The molecule has 0 radical (unpaired) electrons. The monoisotopic (exact) mass is 275 g/mol. The minimum absolute atomic E-state index is 0.0642. The fourth-order valence-electron chi connectivity index (χ4n) is 1.75. The van der Waals surface area contributed by atoms with Gasteiger partial charge in [0.1, 0.15) is 5.75 Å². The van der Waals surface area contributed by atoms with Crippen LogP contribution in [0.3, 0.4) is 0 Å². The van der Waals surface area contributed by atoms with Crippen LogP contribution in [0.15, 0.2) is 17.3 Å². The second-order valence-electron chi connectivity index (χ2n) is 4.12. The van der Waals surface area contributed by atoms with Crippen molar-refractivity contribution in [2.75, 3.05) is 0 Å². The average Bonchev–Trinajstić information content (AvgIpc) is 2.24. The Morgan fingerprint density at radius 1 is 1.32 bits per heavy atom. The Morgan fingerprint density at radius 3 is 2.32 bits per heavy atom. The van der Waals surface area contributed by atoms with Gasteiger partial charge in [-0.3, -0.25) is 4.79 Å². The third-order valence-corrected chi connectivity index (χ3v) is 2.51. The van der Waals surface area contributed by atoms with Crippen LogP contribution in [0.5, 0.6) is 5.75 Å². The molecule has 1 rings (SSSR count). The number of ketones is 1. The summed E-state index contributed by atoms with van der Waals surface area (Å²) in [6.07, 6.45) is -6.14. The molecule has 0 unspecified atom stereocenters. The summed E-state index contributed by atoms with van der Waals surface area (Å²) in [7, 11) is 0. The molecule has 0 heterocycles. The highest BCUT2D eigenvalue weighted by Crippen LogP contribution is 2.27. The molecule has 2 N–H and O–H groups in total. The summed E-state index contributed by atoms with van der Waals surface area (Å²) in [5.41, 5.74) is 0.529. The highest BCUT2D eigenvalue weighted by atomic mass is 19.4. The molecule has 0 aliphatic heterocycles. The molecule has 0 aliphatic rings. The molecule has 0 aromatic heterocycles. The molecule has 0 aliphatic carbocycles. The Labute approximate surface area is 107 Å². The van der Waals surface area contributed by atoms with Crippen LogP contribution in [-0.4, -0.2) is 28.0 Å². The van der Waals surface area contributed by atoms with Crippen molar-refractivity contribution in [3.63, 3.8) is 0 Å². The predicted octanol–water partition coefficient (Wildman–Crippen LogP) is 2.71. The minimum atomic E-state index is -5.01. The summed E-state index contributed by atoms with van der Waals surface area (Å²) in [6, 6.07) is 2.91. The van der Waals surface area contributed by atoms with E-state index in [0.717, 1.165) is 0 Å². The van der Waals surface area contributed by atoms with Crippen LogP contribution < -0.4 is 0 Å². The second-order valence-corrected chi connectivity index (χ2v) is 4.12. The highest BCUT2D eigenvalue weighted by Gasteiger charge is 2.39. The van der Waals surface area contributed by atoms with E-state index < -0.39 is 24.1 Å². The van der Waals surface area contributed by atoms with E-state index in [1.165, 1.54) is 13.0 Å². The fourth-order valence-corrected chi connectivity index (χ4v) is 1.75. The molecule has 0 atom stereocenters. The molecule has 4 nitrogen and oxygen atoms in total. The van der Waals surface area contributed by atoms with E-state index in [-0.39, 0.29) is 11.3 Å². The molecule has 0 fully saturated rings. The largest absolute Gasteiger partial charge is 0.507 e. The van der Waals surface area contributed by atoms with Crippen LogP contribution in [0.1, 0.15) is 23.1 Å². The maximum atomic E-state index is 12.2. The Kier molecular flexibility index (Phi) is 4.18. The van der Waals surface area contributed by atoms with Crippen LogP contribution in [0.2, 0.25) is 0 Å². The van der Waals surface area contributed by atoms with Crippen molar-refractivity contribution in [3.8, 4) is 5.75 Å². The number of carbonyl (C=O) groups is 1. The number of carbonyl (C=O) groups excluding carboxylic acids is 1. The van der Waals surface area contributed by atoms with Crippen molar-refractivity contribution in [3.05, 3.63) is 28.8 Å². The van der Waals surface area contributed by atoms with E-state index in [0.29, 0.717) is 11.1 Å². The average molecular weight is 275 g/mol. The van der Waals surface area contributed by atoms with E-state index in [1.807, 2.05) is 0 Å². The number of aromatic hydroxyl groups is 1. The molecule has 1 aromatic rings. The molecule has 0 saturated heterocycles. The lowest BCUT2D eigenvalue weighted by molar-refractivity contribution is -0.169. The highest BCUT2D eigenvalue weighted by molar-refractivity contribution is 6.14. The first-order chi connectivity index (χ1) is 8.66. The first-order valence-corrected chi connectivity index (χ1v) is 5.28. The molecule has 0 amide bonds. The smallest absolute Gasteiger partial charge is 0.450 e. The van der Waals surface area contributed by atoms with Gasteiger partial charge in [-0.1, -0.05) is 11.2 Å². The van der Waals surface area contributed by atoms with Crippen molar-refractivity contribution in [2.24, 2.45) is 5.16 Å². The molecule has 7 heteroatoms. The van der Waals surface area contributed by atoms with Crippen molar-refractivity contribution in [1.29, 1.82) is 0 Å². The molecule has 104 valence electrons. The van der Waals surface area contributed by atoms with Crippen LogP contribution in [0.25, 0.3) is 0 Å². The zero-order chi connectivity index (χ0) is 14.8. The summed E-state index contributed by atoms with van der Waals surface area (Å²) in [4.78, 5) is 10.9. The number of alkyl halides is 3. The maximum absolute atomic E-state index is 12.2. The summed E-state index contributed by atoms with van der Waals surface area (Å²) in [5.74, 6) is -2.38. The number of hydrogen-bond donors (Lipinski definition) is 2. The quantitative estimate of drug-likeness (QED) is 0.506. The number of phenols is 1. The number of oxime groups is 1. The van der Waals surface area contributed by atoms with Gasteiger partial charge in [-0.05, 0) is 31.0 Å². The van der Waals surface area contributed by atoms with E-state index in [2.05, 4.69) is 5.16 Å². The topological polar surface area (TPSA) is 69.9 Å². The van der Waals surface area contributed by atoms with Gasteiger partial charge >= 0.3 is 6.18 Å².